The maximum absolute atomic E-state index is 9.05. The number of anilines is 2. The van der Waals surface area contributed by atoms with Crippen LogP contribution in [0.3, 0.4) is 0 Å². The van der Waals surface area contributed by atoms with Crippen molar-refractivity contribution in [2.75, 3.05) is 23.8 Å². The fourth-order valence-electron chi connectivity index (χ4n) is 3.90. The number of hydrogen-bond acceptors (Lipinski definition) is 8. The van der Waals surface area contributed by atoms with Gasteiger partial charge in [-0.2, -0.15) is 5.26 Å². The molecule has 162 valence electrons. The van der Waals surface area contributed by atoms with Crippen LogP contribution in [0, 0.1) is 11.3 Å². The highest BCUT2D eigenvalue weighted by atomic mass is 32.1. The third kappa shape index (κ3) is 4.42. The highest BCUT2D eigenvalue weighted by Crippen LogP contribution is 2.29. The van der Waals surface area contributed by atoms with E-state index in [0.29, 0.717) is 29.8 Å². The van der Waals surface area contributed by atoms with E-state index in [-0.39, 0.29) is 24.3 Å². The van der Waals surface area contributed by atoms with Gasteiger partial charge in [-0.25, -0.2) is 9.97 Å². The normalized spacial score (nSPS) is 23.8. The van der Waals surface area contributed by atoms with Crippen LogP contribution in [0.5, 0.6) is 0 Å². The zero-order chi connectivity index (χ0) is 21.9. The largest absolute Gasteiger partial charge is 0.371 e. The van der Waals surface area contributed by atoms with Crippen LogP contribution in [-0.4, -0.2) is 52.6 Å². The summed E-state index contributed by atoms with van der Waals surface area (Å²) in [7, 11) is 0. The Bertz CT molecular complexity index is 1150. The van der Waals surface area contributed by atoms with Gasteiger partial charge in [-0.1, -0.05) is 12.1 Å². The molecule has 0 bridgehead atoms. The van der Waals surface area contributed by atoms with E-state index in [9.17, 15) is 0 Å². The van der Waals surface area contributed by atoms with Gasteiger partial charge in [-0.15, -0.1) is 11.3 Å². The van der Waals surface area contributed by atoms with E-state index >= 15 is 0 Å². The second-order valence-electron chi connectivity index (χ2n) is 7.49. The van der Waals surface area contributed by atoms with E-state index in [1.54, 1.807) is 29.7 Å². The lowest BCUT2D eigenvalue weighted by Crippen LogP contribution is -2.46. The summed E-state index contributed by atoms with van der Waals surface area (Å²) in [5.74, 6) is 0.555. The van der Waals surface area contributed by atoms with Gasteiger partial charge in [0.2, 0.25) is 5.95 Å². The molecule has 0 saturated carbocycles. The van der Waals surface area contributed by atoms with Crippen LogP contribution in [0.15, 0.2) is 54.0 Å². The van der Waals surface area contributed by atoms with Crippen molar-refractivity contribution in [3.63, 3.8) is 0 Å². The summed E-state index contributed by atoms with van der Waals surface area (Å²) in [5, 5.41) is 21.3. The lowest BCUT2D eigenvalue weighted by atomic mass is 10.1. The molecule has 4 heterocycles. The lowest BCUT2D eigenvalue weighted by Gasteiger charge is -2.20. The molecule has 2 aliphatic heterocycles. The van der Waals surface area contributed by atoms with Gasteiger partial charge in [0.05, 0.1) is 47.5 Å². The predicted octanol–water partition coefficient (Wildman–Crippen LogP) is 3.01. The molecule has 8 nitrogen and oxygen atoms in total. The number of fused-ring (bicyclic) bond motifs is 1. The molecule has 2 aliphatic rings. The first-order valence-electron chi connectivity index (χ1n) is 10.1. The highest BCUT2D eigenvalue weighted by molar-refractivity contribution is 7.80. The Balaban J connectivity index is 1.19. The zero-order valence-electron chi connectivity index (χ0n) is 16.9. The predicted molar refractivity (Wildman–Crippen MR) is 127 cm³/mol. The van der Waals surface area contributed by atoms with E-state index in [4.69, 9.17) is 27.0 Å². The maximum atomic E-state index is 9.05. The zero-order valence-corrected chi connectivity index (χ0v) is 18.5. The van der Waals surface area contributed by atoms with Crippen molar-refractivity contribution >= 4 is 40.3 Å². The fraction of sp³-hybridized carbons (Fsp3) is 0.273. The van der Waals surface area contributed by atoms with E-state index in [1.807, 2.05) is 35.7 Å². The van der Waals surface area contributed by atoms with Gasteiger partial charge in [-0.3, -0.25) is 0 Å². The molecule has 4 atom stereocenters. The first-order valence-corrected chi connectivity index (χ1v) is 11.4. The quantitative estimate of drug-likeness (QED) is 0.492. The topological polar surface area (TPSA) is 104 Å². The third-order valence-electron chi connectivity index (χ3n) is 5.36. The molecule has 3 N–H and O–H groups in total. The summed E-state index contributed by atoms with van der Waals surface area (Å²) >= 11 is 7.09. The van der Waals surface area contributed by atoms with E-state index in [2.05, 4.69) is 32.0 Å². The molecule has 0 radical (unpaired) electrons. The molecule has 1 aromatic carbocycles. The van der Waals surface area contributed by atoms with E-state index in [1.165, 1.54) is 0 Å². The second kappa shape index (κ2) is 9.18. The van der Waals surface area contributed by atoms with Crippen LogP contribution in [0.2, 0.25) is 0 Å². The average Bonchev–Trinajstić information content (AvgIpc) is 3.55. The lowest BCUT2D eigenvalue weighted by molar-refractivity contribution is 0.0689. The summed E-state index contributed by atoms with van der Waals surface area (Å²) in [5.41, 5.74) is 2.21. The van der Waals surface area contributed by atoms with Crippen molar-refractivity contribution < 1.29 is 9.47 Å². The Hall–Kier alpha value is -3.10. The smallest absolute Gasteiger partial charge is 0.223 e. The van der Waals surface area contributed by atoms with Gasteiger partial charge in [-0.05, 0) is 47.9 Å². The van der Waals surface area contributed by atoms with Crippen LogP contribution < -0.4 is 16.0 Å². The van der Waals surface area contributed by atoms with Crippen molar-refractivity contribution in [1.29, 1.82) is 5.26 Å². The van der Waals surface area contributed by atoms with Gasteiger partial charge in [0, 0.05) is 11.9 Å². The minimum Gasteiger partial charge on any atom is -0.371 e. The van der Waals surface area contributed by atoms with Crippen LogP contribution in [-0.2, 0) is 9.47 Å². The number of hydrogen-bond donors (Lipinski definition) is 3. The average molecular weight is 465 g/mol. The SMILES string of the molecule is N#Cc1cccc(NC(=S)NC2COC3C(Nc4nccc(-c5cccs5)n4)COC23)c1. The van der Waals surface area contributed by atoms with Crippen LogP contribution in [0.1, 0.15) is 5.56 Å². The number of ether oxygens (including phenoxy) is 2. The molecule has 5 rings (SSSR count). The fourth-order valence-corrected chi connectivity index (χ4v) is 4.87. The van der Waals surface area contributed by atoms with Gasteiger partial charge >= 0.3 is 0 Å². The number of nitrogens with zero attached hydrogens (tertiary/aromatic N) is 3. The molecular formula is C22H20N6O2S2. The van der Waals surface area contributed by atoms with Crippen molar-refractivity contribution in [2.45, 2.75) is 24.3 Å². The Labute approximate surface area is 194 Å². The molecule has 10 heteroatoms. The number of nitriles is 1. The van der Waals surface area contributed by atoms with Gasteiger partial charge in [0.25, 0.3) is 0 Å². The Kier molecular flexibility index (Phi) is 5.96. The molecule has 2 aromatic heterocycles. The minimum atomic E-state index is -0.141. The second-order valence-corrected chi connectivity index (χ2v) is 8.84. The standard InChI is InChI=1S/C22H20N6O2S2/c23-10-13-3-1-4-14(9-13)25-22(31)28-17-12-30-19-16(11-29-20(17)19)27-21-24-7-6-15(26-21)18-5-2-8-32-18/h1-9,16-17,19-20H,11-12H2,(H,24,26,27)(H2,25,28,31). The van der Waals surface area contributed by atoms with Crippen LogP contribution in [0.25, 0.3) is 10.6 Å². The van der Waals surface area contributed by atoms with Crippen molar-refractivity contribution in [3.8, 4) is 16.6 Å². The molecule has 0 aliphatic carbocycles. The maximum Gasteiger partial charge on any atom is 0.223 e. The monoisotopic (exact) mass is 464 g/mol. The molecule has 3 aromatic rings. The van der Waals surface area contributed by atoms with E-state index < -0.39 is 0 Å². The molecule has 0 spiro atoms. The minimum absolute atomic E-state index is 0.0563. The summed E-state index contributed by atoms with van der Waals surface area (Å²) in [6.45, 7) is 0.966. The molecule has 2 fully saturated rings. The number of aromatic nitrogens is 2. The Morgan fingerprint density at radius 1 is 1.12 bits per heavy atom. The first-order chi connectivity index (χ1) is 15.7. The van der Waals surface area contributed by atoms with Crippen molar-refractivity contribution in [3.05, 3.63) is 59.6 Å². The number of thiophene rings is 1. The summed E-state index contributed by atoms with van der Waals surface area (Å²) in [4.78, 5) is 10.1. The van der Waals surface area contributed by atoms with Gasteiger partial charge < -0.3 is 25.4 Å². The number of nitrogens with one attached hydrogen (secondary N) is 3. The van der Waals surface area contributed by atoms with E-state index in [0.717, 1.165) is 16.3 Å². The highest BCUT2D eigenvalue weighted by Gasteiger charge is 2.48. The number of benzene rings is 1. The first kappa shape index (κ1) is 20.8. The Morgan fingerprint density at radius 3 is 2.78 bits per heavy atom. The third-order valence-corrected chi connectivity index (χ3v) is 6.48. The van der Waals surface area contributed by atoms with Gasteiger partial charge in [0.15, 0.2) is 5.11 Å². The summed E-state index contributed by atoms with van der Waals surface area (Å²) < 4.78 is 12.1. The summed E-state index contributed by atoms with van der Waals surface area (Å²) in [6, 6.07) is 15.1. The van der Waals surface area contributed by atoms with Gasteiger partial charge in [0.1, 0.15) is 12.2 Å². The molecule has 2 saturated heterocycles. The van der Waals surface area contributed by atoms with Crippen molar-refractivity contribution in [2.24, 2.45) is 0 Å². The molecule has 4 unspecified atom stereocenters. The molecule has 0 amide bonds. The van der Waals surface area contributed by atoms with Crippen LogP contribution in [0.4, 0.5) is 11.6 Å². The van der Waals surface area contributed by atoms with Crippen LogP contribution >= 0.6 is 23.6 Å². The molecular weight excluding hydrogens is 444 g/mol. The number of thiocarbonyl (C=S) groups is 1. The Morgan fingerprint density at radius 2 is 1.97 bits per heavy atom. The number of rotatable bonds is 5. The van der Waals surface area contributed by atoms with Crippen molar-refractivity contribution in [1.82, 2.24) is 15.3 Å². The summed E-state index contributed by atoms with van der Waals surface area (Å²) in [6.07, 6.45) is 1.48. The molecule has 32 heavy (non-hydrogen) atoms.